The molecule has 2 heterocycles. The molecular weight excluding hydrogens is 306 g/mol. The summed E-state index contributed by atoms with van der Waals surface area (Å²) in [5.41, 5.74) is 1.14. The van der Waals surface area contributed by atoms with Crippen LogP contribution in [0.25, 0.3) is 0 Å². The van der Waals surface area contributed by atoms with Crippen molar-refractivity contribution in [2.24, 2.45) is 5.92 Å². The molecule has 0 unspecified atom stereocenters. The third kappa shape index (κ3) is 4.35. The Hall–Kier alpha value is -1.89. The Labute approximate surface area is 144 Å². The first-order valence-corrected chi connectivity index (χ1v) is 8.51. The SMILES string of the molecule is CC(=O)N1CCN(Cc2ccnn2C(C)C)C[C@H](C(=O)N(C)C)C1. The first-order valence-electron chi connectivity index (χ1n) is 8.51. The summed E-state index contributed by atoms with van der Waals surface area (Å²) in [4.78, 5) is 30.0. The molecule has 0 aliphatic carbocycles. The number of aromatic nitrogens is 2. The van der Waals surface area contributed by atoms with Crippen LogP contribution in [0.15, 0.2) is 12.3 Å². The van der Waals surface area contributed by atoms with Crippen LogP contribution in [-0.4, -0.2) is 76.6 Å². The zero-order valence-electron chi connectivity index (χ0n) is 15.4. The van der Waals surface area contributed by atoms with E-state index < -0.39 is 0 Å². The molecule has 7 nitrogen and oxygen atoms in total. The second kappa shape index (κ2) is 7.79. The van der Waals surface area contributed by atoms with Crippen LogP contribution in [0.4, 0.5) is 0 Å². The maximum atomic E-state index is 12.5. The highest BCUT2D eigenvalue weighted by molar-refractivity contribution is 5.80. The zero-order chi connectivity index (χ0) is 17.9. The van der Waals surface area contributed by atoms with Crippen LogP contribution >= 0.6 is 0 Å². The predicted octanol–water partition coefficient (Wildman–Crippen LogP) is 0.833. The van der Waals surface area contributed by atoms with Crippen LogP contribution in [0.3, 0.4) is 0 Å². The largest absolute Gasteiger partial charge is 0.348 e. The third-order valence-corrected chi connectivity index (χ3v) is 4.47. The minimum atomic E-state index is -0.193. The second-order valence-corrected chi connectivity index (χ2v) is 6.99. The van der Waals surface area contributed by atoms with E-state index in [1.807, 2.05) is 16.9 Å². The molecular formula is C17H29N5O2. The summed E-state index contributed by atoms with van der Waals surface area (Å²) < 4.78 is 2.01. The fourth-order valence-electron chi connectivity index (χ4n) is 3.19. The molecule has 0 radical (unpaired) electrons. The van der Waals surface area contributed by atoms with Crippen LogP contribution in [0.1, 0.15) is 32.5 Å². The van der Waals surface area contributed by atoms with E-state index in [9.17, 15) is 9.59 Å². The lowest BCUT2D eigenvalue weighted by atomic mass is 10.1. The van der Waals surface area contributed by atoms with Gasteiger partial charge in [0.15, 0.2) is 0 Å². The number of hydrogen-bond donors (Lipinski definition) is 0. The average Bonchev–Trinajstić information content (AvgIpc) is 2.86. The van der Waals surface area contributed by atoms with Gasteiger partial charge in [-0.2, -0.15) is 5.10 Å². The van der Waals surface area contributed by atoms with Crippen molar-refractivity contribution in [2.75, 3.05) is 40.3 Å². The van der Waals surface area contributed by atoms with E-state index in [1.165, 1.54) is 0 Å². The Bertz CT molecular complexity index is 581. The molecule has 1 aromatic heterocycles. The molecule has 1 aromatic rings. The summed E-state index contributed by atoms with van der Waals surface area (Å²) >= 11 is 0. The summed E-state index contributed by atoms with van der Waals surface area (Å²) in [6, 6.07) is 2.33. The lowest BCUT2D eigenvalue weighted by Crippen LogP contribution is -2.41. The van der Waals surface area contributed by atoms with Crippen molar-refractivity contribution >= 4 is 11.8 Å². The number of rotatable bonds is 4. The third-order valence-electron chi connectivity index (χ3n) is 4.47. The van der Waals surface area contributed by atoms with E-state index in [1.54, 1.807) is 30.8 Å². The van der Waals surface area contributed by atoms with Crippen molar-refractivity contribution in [2.45, 2.75) is 33.4 Å². The second-order valence-electron chi connectivity index (χ2n) is 6.99. The van der Waals surface area contributed by atoms with Crippen molar-refractivity contribution in [3.63, 3.8) is 0 Å². The topological polar surface area (TPSA) is 61.7 Å². The maximum absolute atomic E-state index is 12.5. The normalized spacial score (nSPS) is 19.4. The van der Waals surface area contributed by atoms with Gasteiger partial charge in [0, 0.05) is 66.0 Å². The highest BCUT2D eigenvalue weighted by Crippen LogP contribution is 2.16. The molecule has 24 heavy (non-hydrogen) atoms. The summed E-state index contributed by atoms with van der Waals surface area (Å²) in [6.45, 7) is 9.09. The number of nitrogens with zero attached hydrogens (tertiary/aromatic N) is 5. The highest BCUT2D eigenvalue weighted by atomic mass is 16.2. The number of carbonyl (C=O) groups is 2. The molecule has 1 aliphatic rings. The fraction of sp³-hybridized carbons (Fsp3) is 0.706. The quantitative estimate of drug-likeness (QED) is 0.818. The molecule has 0 saturated carbocycles. The minimum Gasteiger partial charge on any atom is -0.348 e. The van der Waals surface area contributed by atoms with E-state index in [2.05, 4.69) is 23.8 Å². The Morgan fingerprint density at radius 2 is 2.00 bits per heavy atom. The Morgan fingerprint density at radius 3 is 2.58 bits per heavy atom. The number of amides is 2. The van der Waals surface area contributed by atoms with Crippen molar-refractivity contribution in [3.8, 4) is 0 Å². The summed E-state index contributed by atoms with van der Waals surface area (Å²) in [5.74, 6) is -0.0898. The first-order chi connectivity index (χ1) is 11.3. The van der Waals surface area contributed by atoms with Gasteiger partial charge in [-0.05, 0) is 19.9 Å². The van der Waals surface area contributed by atoms with Gasteiger partial charge in [-0.3, -0.25) is 19.2 Å². The van der Waals surface area contributed by atoms with Gasteiger partial charge in [-0.25, -0.2) is 0 Å². The van der Waals surface area contributed by atoms with Crippen LogP contribution in [0.2, 0.25) is 0 Å². The van der Waals surface area contributed by atoms with Crippen LogP contribution in [0.5, 0.6) is 0 Å². The summed E-state index contributed by atoms with van der Waals surface area (Å²) in [6.07, 6.45) is 1.82. The van der Waals surface area contributed by atoms with Gasteiger partial charge < -0.3 is 9.80 Å². The van der Waals surface area contributed by atoms with Crippen LogP contribution in [0, 0.1) is 5.92 Å². The molecule has 2 rings (SSSR count). The molecule has 2 amide bonds. The van der Waals surface area contributed by atoms with E-state index in [-0.39, 0.29) is 17.7 Å². The van der Waals surface area contributed by atoms with Crippen molar-refractivity contribution < 1.29 is 9.59 Å². The van der Waals surface area contributed by atoms with Crippen molar-refractivity contribution in [1.29, 1.82) is 0 Å². The molecule has 0 bridgehead atoms. The average molecular weight is 335 g/mol. The van der Waals surface area contributed by atoms with Crippen molar-refractivity contribution in [3.05, 3.63) is 18.0 Å². The molecule has 0 N–H and O–H groups in total. The van der Waals surface area contributed by atoms with E-state index in [0.29, 0.717) is 25.7 Å². The van der Waals surface area contributed by atoms with Gasteiger partial charge in [0.2, 0.25) is 11.8 Å². The number of carbonyl (C=O) groups excluding carboxylic acids is 2. The predicted molar refractivity (Wildman–Crippen MR) is 92.3 cm³/mol. The molecule has 1 saturated heterocycles. The smallest absolute Gasteiger partial charge is 0.228 e. The van der Waals surface area contributed by atoms with Gasteiger partial charge in [0.25, 0.3) is 0 Å². The highest BCUT2D eigenvalue weighted by Gasteiger charge is 2.30. The van der Waals surface area contributed by atoms with E-state index in [4.69, 9.17) is 0 Å². The fourth-order valence-corrected chi connectivity index (χ4v) is 3.19. The van der Waals surface area contributed by atoms with E-state index in [0.717, 1.165) is 18.8 Å². The molecule has 1 atom stereocenters. The zero-order valence-corrected chi connectivity index (χ0v) is 15.4. The monoisotopic (exact) mass is 335 g/mol. The van der Waals surface area contributed by atoms with Gasteiger partial charge >= 0.3 is 0 Å². The molecule has 0 spiro atoms. The summed E-state index contributed by atoms with van der Waals surface area (Å²) in [7, 11) is 3.53. The maximum Gasteiger partial charge on any atom is 0.228 e. The van der Waals surface area contributed by atoms with Gasteiger partial charge in [0.05, 0.1) is 11.6 Å². The van der Waals surface area contributed by atoms with Crippen LogP contribution in [-0.2, 0) is 16.1 Å². The molecule has 1 fully saturated rings. The molecule has 7 heteroatoms. The molecule has 0 aromatic carbocycles. The van der Waals surface area contributed by atoms with Crippen LogP contribution < -0.4 is 0 Å². The lowest BCUT2D eigenvalue weighted by Gasteiger charge is -2.26. The Balaban J connectivity index is 2.16. The van der Waals surface area contributed by atoms with Gasteiger partial charge in [-0.15, -0.1) is 0 Å². The van der Waals surface area contributed by atoms with Crippen molar-refractivity contribution in [1.82, 2.24) is 24.5 Å². The summed E-state index contributed by atoms with van der Waals surface area (Å²) in [5, 5.41) is 4.38. The molecule has 134 valence electrons. The minimum absolute atomic E-state index is 0.0284. The Kier molecular flexibility index (Phi) is 5.99. The number of hydrogen-bond acceptors (Lipinski definition) is 4. The molecule has 1 aliphatic heterocycles. The van der Waals surface area contributed by atoms with Gasteiger partial charge in [-0.1, -0.05) is 0 Å². The first kappa shape index (κ1) is 18.4. The lowest BCUT2D eigenvalue weighted by molar-refractivity contribution is -0.135. The van der Waals surface area contributed by atoms with E-state index >= 15 is 0 Å². The standard InChI is InChI=1S/C17H29N5O2/c1-13(2)22-16(6-7-18-22)12-20-8-9-21(14(3)23)11-15(10-20)17(24)19(4)5/h6-7,13,15H,8-12H2,1-5H3/t15-/m0/s1. The van der Waals surface area contributed by atoms with Gasteiger partial charge in [0.1, 0.15) is 0 Å². The Morgan fingerprint density at radius 1 is 1.29 bits per heavy atom.